The summed E-state index contributed by atoms with van der Waals surface area (Å²) < 4.78 is 51.0. The van der Waals surface area contributed by atoms with E-state index < -0.39 is 63.0 Å². The lowest BCUT2D eigenvalue weighted by atomic mass is 9.98. The van der Waals surface area contributed by atoms with Crippen LogP contribution in [0, 0.1) is 0 Å². The highest BCUT2D eigenvalue weighted by Crippen LogP contribution is 2.47. The minimum absolute atomic E-state index is 0.189. The molecule has 14 heteroatoms. The topological polar surface area (TPSA) is 159 Å². The van der Waals surface area contributed by atoms with E-state index in [0.717, 1.165) is 18.0 Å². The second-order valence-electron chi connectivity index (χ2n) is 8.96. The molecule has 3 rings (SSSR count). The molecule has 1 aromatic carbocycles. The first kappa shape index (κ1) is 28.5. The van der Waals surface area contributed by atoms with Crippen LogP contribution in [0.5, 0.6) is 5.75 Å². The van der Waals surface area contributed by atoms with Crippen LogP contribution >= 0.6 is 7.75 Å². The van der Waals surface area contributed by atoms with Crippen LogP contribution in [0.1, 0.15) is 27.7 Å². The van der Waals surface area contributed by atoms with Crippen LogP contribution in [0.3, 0.4) is 0 Å². The Morgan fingerprint density at radius 3 is 2.56 bits per heavy atom. The number of halogens is 1. The highest BCUT2D eigenvalue weighted by Gasteiger charge is 2.57. The molecule has 0 aliphatic carbocycles. The highest BCUT2D eigenvalue weighted by atomic mass is 31.2. The summed E-state index contributed by atoms with van der Waals surface area (Å²) in [5.41, 5.74) is -2.44. The van der Waals surface area contributed by atoms with Gasteiger partial charge < -0.3 is 34.6 Å². The zero-order valence-electron chi connectivity index (χ0n) is 20.4. The average molecular weight is 533 g/mol. The number of carbonyl (C=O) groups excluding carboxylic acids is 1. The number of aliphatic hydroxyl groups is 3. The van der Waals surface area contributed by atoms with Gasteiger partial charge in [-0.05, 0) is 45.9 Å². The summed E-state index contributed by atoms with van der Waals surface area (Å²) in [5, 5.41) is 35.1. The summed E-state index contributed by atoms with van der Waals surface area (Å²) in [4.78, 5) is 13.1. The van der Waals surface area contributed by atoms with E-state index in [-0.39, 0.29) is 11.9 Å². The number of urea groups is 1. The minimum atomic E-state index is -4.23. The van der Waals surface area contributed by atoms with Gasteiger partial charge in [-0.1, -0.05) is 18.2 Å². The number of amides is 2. The fraction of sp³-hybridized carbons (Fsp3) is 0.591. The number of carbonyl (C=O) groups is 1. The molecule has 1 fully saturated rings. The number of para-hydroxylation sites is 1. The summed E-state index contributed by atoms with van der Waals surface area (Å²) in [6.45, 7) is 5.39. The molecular formula is C22H33FN3O9P. The van der Waals surface area contributed by atoms with Crippen LogP contribution in [0.25, 0.3) is 0 Å². The molecule has 2 heterocycles. The van der Waals surface area contributed by atoms with Gasteiger partial charge in [0.2, 0.25) is 0 Å². The van der Waals surface area contributed by atoms with Crippen LogP contribution in [0.15, 0.2) is 42.6 Å². The molecular weight excluding hydrogens is 500 g/mol. The van der Waals surface area contributed by atoms with Crippen LogP contribution < -0.4 is 14.9 Å². The lowest BCUT2D eigenvalue weighted by molar-refractivity contribution is -0.138. The fourth-order valence-electron chi connectivity index (χ4n) is 3.62. The number of nitrogens with zero attached hydrogens (tertiary/aromatic N) is 1. The maximum Gasteiger partial charge on any atom is 0.459 e. The van der Waals surface area contributed by atoms with Crippen molar-refractivity contribution in [2.75, 3.05) is 6.61 Å². The molecule has 2 aliphatic rings. The van der Waals surface area contributed by atoms with E-state index in [4.69, 9.17) is 18.5 Å². The normalized spacial score (nSPS) is 31.7. The standard InChI is InChI=1S/C22H33FN3O9P/c1-13(2)33-19(29)14(3)25-36(31,35-15-8-6-5-7-9-15)32-12-16-18(28)22(4,23)20(34-16)26-11-10-17(27)24-21(26)30/h5-11,13-14,16-20,27-29H,12H2,1-4H3,(H,24,30)(H,25,31). The van der Waals surface area contributed by atoms with E-state index in [2.05, 4.69) is 10.4 Å². The Balaban J connectivity index is 1.75. The third-order valence-electron chi connectivity index (χ3n) is 5.48. The number of hydrogen-bond donors (Lipinski definition) is 5. The van der Waals surface area contributed by atoms with Crippen molar-refractivity contribution in [3.05, 3.63) is 42.6 Å². The number of benzene rings is 1. The fourth-order valence-corrected chi connectivity index (χ4v) is 5.17. The molecule has 202 valence electrons. The predicted molar refractivity (Wildman–Crippen MR) is 125 cm³/mol. The maximum atomic E-state index is 15.5. The van der Waals surface area contributed by atoms with Gasteiger partial charge in [-0.2, -0.15) is 0 Å². The van der Waals surface area contributed by atoms with E-state index in [0.29, 0.717) is 0 Å². The van der Waals surface area contributed by atoms with Crippen molar-refractivity contribution >= 4 is 13.8 Å². The Bertz CT molecular complexity index is 967. The SMILES string of the molecule is CC(C)OC(O)C(C)NP(=O)(OCC1OC(N2C=CC(O)NC2=O)C(C)(F)C1O)Oc1ccccc1. The number of aliphatic hydroxyl groups excluding tert-OH is 3. The molecule has 0 aromatic heterocycles. The molecule has 8 atom stereocenters. The van der Waals surface area contributed by atoms with Gasteiger partial charge >= 0.3 is 13.8 Å². The first-order chi connectivity index (χ1) is 16.8. The smallest absolute Gasteiger partial charge is 0.413 e. The lowest BCUT2D eigenvalue weighted by Crippen LogP contribution is -2.56. The van der Waals surface area contributed by atoms with Crippen LogP contribution in [0.2, 0.25) is 0 Å². The van der Waals surface area contributed by atoms with Crippen LogP contribution in [-0.2, 0) is 18.6 Å². The summed E-state index contributed by atoms with van der Waals surface area (Å²) in [5.74, 6) is 0.189. The van der Waals surface area contributed by atoms with Gasteiger partial charge in [0, 0.05) is 6.20 Å². The van der Waals surface area contributed by atoms with E-state index in [1.807, 2.05) is 0 Å². The zero-order valence-corrected chi connectivity index (χ0v) is 21.2. The third kappa shape index (κ3) is 6.81. The van der Waals surface area contributed by atoms with Crippen molar-refractivity contribution in [2.24, 2.45) is 0 Å². The maximum absolute atomic E-state index is 15.5. The van der Waals surface area contributed by atoms with Crippen molar-refractivity contribution in [1.82, 2.24) is 15.3 Å². The molecule has 0 radical (unpaired) electrons. The molecule has 5 N–H and O–H groups in total. The van der Waals surface area contributed by atoms with E-state index in [1.165, 1.54) is 25.1 Å². The average Bonchev–Trinajstić information content (AvgIpc) is 3.01. The van der Waals surface area contributed by atoms with Gasteiger partial charge in [0.1, 0.15) is 24.2 Å². The number of rotatable bonds is 11. The monoisotopic (exact) mass is 533 g/mol. The van der Waals surface area contributed by atoms with E-state index in [9.17, 15) is 24.7 Å². The van der Waals surface area contributed by atoms with Crippen molar-refractivity contribution in [1.29, 1.82) is 0 Å². The van der Waals surface area contributed by atoms with Gasteiger partial charge in [0.15, 0.2) is 18.2 Å². The van der Waals surface area contributed by atoms with E-state index >= 15 is 4.39 Å². The quantitative estimate of drug-likeness (QED) is 0.209. The Morgan fingerprint density at radius 2 is 1.94 bits per heavy atom. The molecule has 1 saturated heterocycles. The molecule has 1 aromatic rings. The summed E-state index contributed by atoms with van der Waals surface area (Å²) >= 11 is 0. The molecule has 36 heavy (non-hydrogen) atoms. The van der Waals surface area contributed by atoms with Gasteiger partial charge in [0.05, 0.1) is 18.8 Å². The number of hydrogen-bond acceptors (Lipinski definition) is 9. The van der Waals surface area contributed by atoms with Gasteiger partial charge in [-0.3, -0.25) is 9.42 Å². The number of nitrogens with one attached hydrogen (secondary N) is 2. The molecule has 0 spiro atoms. The molecule has 0 bridgehead atoms. The van der Waals surface area contributed by atoms with Crippen molar-refractivity contribution in [3.63, 3.8) is 0 Å². The van der Waals surface area contributed by atoms with Crippen LogP contribution in [0.4, 0.5) is 9.18 Å². The summed E-state index contributed by atoms with van der Waals surface area (Å²) in [6, 6.07) is 6.35. The minimum Gasteiger partial charge on any atom is -0.413 e. The van der Waals surface area contributed by atoms with Crippen molar-refractivity contribution in [3.8, 4) is 5.75 Å². The Kier molecular flexibility index (Phi) is 9.12. The predicted octanol–water partition coefficient (Wildman–Crippen LogP) is 1.58. The summed E-state index contributed by atoms with van der Waals surface area (Å²) in [7, 11) is -4.23. The van der Waals surface area contributed by atoms with E-state index in [1.54, 1.807) is 32.0 Å². The zero-order chi connectivity index (χ0) is 26.7. The second kappa shape index (κ2) is 11.5. The van der Waals surface area contributed by atoms with Gasteiger partial charge in [0.25, 0.3) is 0 Å². The first-order valence-electron chi connectivity index (χ1n) is 11.4. The Hall–Kier alpha value is -2.09. The molecule has 12 nitrogen and oxygen atoms in total. The first-order valence-corrected chi connectivity index (χ1v) is 12.9. The molecule has 0 saturated carbocycles. The van der Waals surface area contributed by atoms with Gasteiger partial charge in [-0.25, -0.2) is 18.8 Å². The van der Waals surface area contributed by atoms with Crippen molar-refractivity contribution < 1.29 is 47.6 Å². The molecule has 2 amide bonds. The van der Waals surface area contributed by atoms with Gasteiger partial charge in [-0.15, -0.1) is 0 Å². The number of alkyl halides is 1. The second-order valence-corrected chi connectivity index (χ2v) is 10.7. The summed E-state index contributed by atoms with van der Waals surface area (Å²) in [6.07, 6.45) is -5.25. The lowest BCUT2D eigenvalue weighted by Gasteiger charge is -2.34. The van der Waals surface area contributed by atoms with Crippen LogP contribution in [-0.4, -0.2) is 81.6 Å². The largest absolute Gasteiger partial charge is 0.459 e. The number of ether oxygens (including phenoxy) is 2. The third-order valence-corrected chi connectivity index (χ3v) is 7.15. The molecule has 8 unspecified atom stereocenters. The van der Waals surface area contributed by atoms with Crippen molar-refractivity contribution in [2.45, 2.75) is 76.5 Å². The Labute approximate surface area is 208 Å². The Morgan fingerprint density at radius 1 is 1.28 bits per heavy atom. The molecule has 2 aliphatic heterocycles. The highest BCUT2D eigenvalue weighted by molar-refractivity contribution is 7.52.